The van der Waals surface area contributed by atoms with E-state index in [1.165, 1.54) is 11.3 Å². The summed E-state index contributed by atoms with van der Waals surface area (Å²) in [6.45, 7) is 4.11. The second-order valence-corrected chi connectivity index (χ2v) is 6.28. The van der Waals surface area contributed by atoms with Crippen LogP contribution in [0.2, 0.25) is 4.34 Å². The van der Waals surface area contributed by atoms with Gasteiger partial charge in [0, 0.05) is 10.9 Å². The zero-order valence-corrected chi connectivity index (χ0v) is 12.3. The molecule has 106 valence electrons. The minimum Gasteiger partial charge on any atom is -0.481 e. The van der Waals surface area contributed by atoms with Gasteiger partial charge < -0.3 is 15.7 Å². The van der Waals surface area contributed by atoms with Gasteiger partial charge in [-0.3, -0.25) is 4.79 Å². The predicted octanol–water partition coefficient (Wildman–Crippen LogP) is 2.70. The van der Waals surface area contributed by atoms with Crippen LogP contribution in [-0.4, -0.2) is 23.1 Å². The number of halogens is 1. The molecule has 0 aliphatic rings. The maximum Gasteiger partial charge on any atom is 0.315 e. The van der Waals surface area contributed by atoms with E-state index < -0.39 is 5.97 Å². The Morgan fingerprint density at radius 3 is 2.58 bits per heavy atom. The van der Waals surface area contributed by atoms with Gasteiger partial charge in [-0.2, -0.15) is 0 Å². The van der Waals surface area contributed by atoms with E-state index in [1.54, 1.807) is 6.07 Å². The quantitative estimate of drug-likeness (QED) is 0.756. The van der Waals surface area contributed by atoms with E-state index in [-0.39, 0.29) is 24.4 Å². The highest BCUT2D eigenvalue weighted by Gasteiger charge is 2.19. The fourth-order valence-corrected chi connectivity index (χ4v) is 2.50. The Labute approximate surface area is 121 Å². The summed E-state index contributed by atoms with van der Waals surface area (Å²) in [5.74, 6) is -0.873. The monoisotopic (exact) mass is 304 g/mol. The smallest absolute Gasteiger partial charge is 0.315 e. The minimum atomic E-state index is -0.927. The van der Waals surface area contributed by atoms with Crippen LogP contribution in [0.4, 0.5) is 4.79 Å². The summed E-state index contributed by atoms with van der Waals surface area (Å²) in [6.07, 6.45) is -0.0874. The van der Waals surface area contributed by atoms with Gasteiger partial charge in [-0.15, -0.1) is 11.3 Å². The molecule has 0 spiro atoms. The summed E-state index contributed by atoms with van der Waals surface area (Å²) in [7, 11) is 0. The normalized spacial score (nSPS) is 12.2. The summed E-state index contributed by atoms with van der Waals surface area (Å²) in [6, 6.07) is 2.85. The van der Waals surface area contributed by atoms with Crippen LogP contribution in [0.1, 0.15) is 25.1 Å². The van der Waals surface area contributed by atoms with Gasteiger partial charge in [-0.1, -0.05) is 25.4 Å². The molecule has 19 heavy (non-hydrogen) atoms. The van der Waals surface area contributed by atoms with Crippen LogP contribution in [0.25, 0.3) is 0 Å². The van der Waals surface area contributed by atoms with Crippen LogP contribution in [0.15, 0.2) is 12.1 Å². The molecule has 7 heteroatoms. The van der Waals surface area contributed by atoms with E-state index in [0.29, 0.717) is 10.9 Å². The van der Waals surface area contributed by atoms with Crippen LogP contribution in [0, 0.1) is 5.92 Å². The molecule has 0 aliphatic heterocycles. The number of aliphatic carboxylic acids is 1. The van der Waals surface area contributed by atoms with Gasteiger partial charge >= 0.3 is 12.0 Å². The average molecular weight is 305 g/mol. The Balaban J connectivity index is 2.42. The Hall–Kier alpha value is -1.27. The van der Waals surface area contributed by atoms with Gasteiger partial charge in [0.2, 0.25) is 0 Å². The highest BCUT2D eigenvalue weighted by Crippen LogP contribution is 2.20. The summed E-state index contributed by atoms with van der Waals surface area (Å²) in [5.41, 5.74) is 0. The zero-order chi connectivity index (χ0) is 14.4. The Kier molecular flexibility index (Phi) is 6.11. The number of amides is 2. The Morgan fingerprint density at radius 1 is 1.42 bits per heavy atom. The fraction of sp³-hybridized carbons (Fsp3) is 0.500. The molecule has 0 radical (unpaired) electrons. The molecule has 1 aromatic heterocycles. The molecule has 1 rings (SSSR count). The first-order chi connectivity index (χ1) is 8.88. The molecular formula is C12H17ClN2O3S. The van der Waals surface area contributed by atoms with Crippen LogP contribution >= 0.6 is 22.9 Å². The first-order valence-corrected chi connectivity index (χ1v) is 7.08. The standard InChI is InChI=1S/C12H17ClN2O3S/c1-7(2)9(5-11(16)17)15-12(18)14-6-8-3-4-10(13)19-8/h3-4,7,9H,5-6H2,1-2H3,(H,16,17)(H2,14,15,18). The van der Waals surface area contributed by atoms with Crippen molar-refractivity contribution in [3.05, 3.63) is 21.3 Å². The number of nitrogens with one attached hydrogen (secondary N) is 2. The molecule has 5 nitrogen and oxygen atoms in total. The van der Waals surface area contributed by atoms with Crippen LogP contribution in [0.3, 0.4) is 0 Å². The lowest BCUT2D eigenvalue weighted by Crippen LogP contribution is -2.45. The van der Waals surface area contributed by atoms with Crippen LogP contribution in [-0.2, 0) is 11.3 Å². The Bertz CT molecular complexity index is 448. The van der Waals surface area contributed by atoms with Gasteiger partial charge in [0.05, 0.1) is 17.3 Å². The summed E-state index contributed by atoms with van der Waals surface area (Å²) in [5, 5.41) is 14.1. The van der Waals surface area contributed by atoms with Crippen molar-refractivity contribution in [1.82, 2.24) is 10.6 Å². The number of carbonyl (C=O) groups is 2. The van der Waals surface area contributed by atoms with Crippen molar-refractivity contribution < 1.29 is 14.7 Å². The molecule has 0 fully saturated rings. The second kappa shape index (κ2) is 7.35. The van der Waals surface area contributed by atoms with Crippen molar-refractivity contribution >= 4 is 34.9 Å². The van der Waals surface area contributed by atoms with Gasteiger partial charge in [-0.25, -0.2) is 4.79 Å². The number of hydrogen-bond acceptors (Lipinski definition) is 3. The maximum atomic E-state index is 11.7. The van der Waals surface area contributed by atoms with Crippen molar-refractivity contribution in [1.29, 1.82) is 0 Å². The predicted molar refractivity (Wildman–Crippen MR) is 75.6 cm³/mol. The lowest BCUT2D eigenvalue weighted by atomic mass is 10.0. The third-order valence-electron chi connectivity index (χ3n) is 2.57. The number of carbonyl (C=O) groups excluding carboxylic acids is 1. The SMILES string of the molecule is CC(C)C(CC(=O)O)NC(=O)NCc1ccc(Cl)s1. The fourth-order valence-electron chi connectivity index (χ4n) is 1.48. The summed E-state index contributed by atoms with van der Waals surface area (Å²) >= 11 is 7.18. The van der Waals surface area contributed by atoms with Gasteiger partial charge in [0.25, 0.3) is 0 Å². The van der Waals surface area contributed by atoms with E-state index in [0.717, 1.165) is 4.88 Å². The van der Waals surface area contributed by atoms with E-state index in [9.17, 15) is 9.59 Å². The molecule has 1 aromatic rings. The lowest BCUT2D eigenvalue weighted by molar-refractivity contribution is -0.137. The van der Waals surface area contributed by atoms with Crippen LogP contribution in [0.5, 0.6) is 0 Å². The number of rotatable bonds is 6. The number of carboxylic acid groups (broad SMARTS) is 1. The third-order valence-corrected chi connectivity index (χ3v) is 3.80. The van der Waals surface area contributed by atoms with E-state index in [4.69, 9.17) is 16.7 Å². The number of urea groups is 1. The number of hydrogen-bond donors (Lipinski definition) is 3. The molecule has 0 aromatic carbocycles. The van der Waals surface area contributed by atoms with Gasteiger partial charge in [0.1, 0.15) is 0 Å². The third kappa shape index (κ3) is 5.94. The topological polar surface area (TPSA) is 78.4 Å². The summed E-state index contributed by atoms with van der Waals surface area (Å²) < 4.78 is 0.670. The molecule has 3 N–H and O–H groups in total. The number of carboxylic acids is 1. The van der Waals surface area contributed by atoms with Crippen LogP contribution < -0.4 is 10.6 Å². The molecule has 0 saturated heterocycles. The molecule has 0 bridgehead atoms. The molecule has 1 heterocycles. The molecule has 1 unspecified atom stereocenters. The zero-order valence-electron chi connectivity index (χ0n) is 10.8. The van der Waals surface area contributed by atoms with Gasteiger partial charge in [0.15, 0.2) is 0 Å². The molecule has 0 saturated carbocycles. The van der Waals surface area contributed by atoms with Crippen molar-refractivity contribution in [2.24, 2.45) is 5.92 Å². The highest BCUT2D eigenvalue weighted by molar-refractivity contribution is 7.16. The summed E-state index contributed by atoms with van der Waals surface area (Å²) in [4.78, 5) is 23.3. The molecule has 2 amide bonds. The van der Waals surface area contributed by atoms with Crippen molar-refractivity contribution in [2.45, 2.75) is 32.9 Å². The highest BCUT2D eigenvalue weighted by atomic mass is 35.5. The van der Waals surface area contributed by atoms with E-state index in [1.807, 2.05) is 19.9 Å². The largest absolute Gasteiger partial charge is 0.481 e. The minimum absolute atomic E-state index is 0.0537. The van der Waals surface area contributed by atoms with Gasteiger partial charge in [-0.05, 0) is 18.1 Å². The van der Waals surface area contributed by atoms with Crippen molar-refractivity contribution in [2.75, 3.05) is 0 Å². The first kappa shape index (κ1) is 15.8. The maximum absolute atomic E-state index is 11.7. The molecular weight excluding hydrogens is 288 g/mol. The van der Waals surface area contributed by atoms with Crippen molar-refractivity contribution in [3.63, 3.8) is 0 Å². The molecule has 1 atom stereocenters. The lowest BCUT2D eigenvalue weighted by Gasteiger charge is -2.20. The van der Waals surface area contributed by atoms with Crippen molar-refractivity contribution in [3.8, 4) is 0 Å². The molecule has 0 aliphatic carbocycles. The second-order valence-electron chi connectivity index (χ2n) is 4.48. The average Bonchev–Trinajstić information content (AvgIpc) is 2.71. The van der Waals surface area contributed by atoms with E-state index in [2.05, 4.69) is 10.6 Å². The Morgan fingerprint density at radius 2 is 2.11 bits per heavy atom. The van der Waals surface area contributed by atoms with E-state index >= 15 is 0 Å². The number of thiophene rings is 1. The first-order valence-electron chi connectivity index (χ1n) is 5.89.